The van der Waals surface area contributed by atoms with Gasteiger partial charge in [-0.2, -0.15) is 0 Å². The Labute approximate surface area is 113 Å². The normalized spacial score (nSPS) is 15.8. The lowest BCUT2D eigenvalue weighted by Crippen LogP contribution is -2.43. The fourth-order valence-corrected chi connectivity index (χ4v) is 1.74. The number of hydrogen-bond donors (Lipinski definition) is 1. The lowest BCUT2D eigenvalue weighted by molar-refractivity contribution is -0.274. The zero-order chi connectivity index (χ0) is 14.6. The van der Waals surface area contributed by atoms with Gasteiger partial charge < -0.3 is 19.7 Å². The first-order valence-electron chi connectivity index (χ1n) is 5.94. The molecule has 0 bridgehead atoms. The molecule has 5 nitrogen and oxygen atoms in total. The second-order valence-electron chi connectivity index (χ2n) is 4.07. The van der Waals surface area contributed by atoms with Crippen LogP contribution in [0.2, 0.25) is 0 Å². The van der Waals surface area contributed by atoms with E-state index in [-0.39, 0.29) is 5.69 Å². The molecule has 0 aliphatic carbocycles. The smallest absolute Gasteiger partial charge is 0.404 e. The van der Waals surface area contributed by atoms with E-state index in [0.29, 0.717) is 26.3 Å². The number of amides is 2. The number of nitrogens with zero attached hydrogens (tertiary/aromatic N) is 1. The van der Waals surface area contributed by atoms with Crippen molar-refractivity contribution >= 4 is 11.7 Å². The van der Waals surface area contributed by atoms with E-state index in [1.807, 2.05) is 0 Å². The zero-order valence-corrected chi connectivity index (χ0v) is 10.4. The number of carbonyl (C=O) groups excluding carboxylic acids is 1. The fraction of sp³-hybridized carbons (Fsp3) is 0.417. The molecule has 0 radical (unpaired) electrons. The van der Waals surface area contributed by atoms with Crippen LogP contribution in [0.3, 0.4) is 0 Å². The minimum atomic E-state index is -4.81. The summed E-state index contributed by atoms with van der Waals surface area (Å²) in [6, 6.07) is 4.91. The molecule has 1 N–H and O–H groups in total. The molecule has 0 spiro atoms. The summed E-state index contributed by atoms with van der Waals surface area (Å²) < 4.78 is 45.7. The van der Waals surface area contributed by atoms with E-state index in [0.717, 1.165) is 6.07 Å². The Kier molecular flexibility index (Phi) is 4.33. The van der Waals surface area contributed by atoms with E-state index in [4.69, 9.17) is 4.74 Å². The molecular weight excluding hydrogens is 277 g/mol. The van der Waals surface area contributed by atoms with Gasteiger partial charge in [-0.1, -0.05) is 12.1 Å². The number of rotatable bonds is 2. The minimum absolute atomic E-state index is 0.0266. The SMILES string of the molecule is O=C(Nc1ccccc1OC(F)(F)F)N1CCOCC1. The molecule has 1 aromatic rings. The van der Waals surface area contributed by atoms with Gasteiger partial charge in [0.15, 0.2) is 5.75 Å². The number of hydrogen-bond acceptors (Lipinski definition) is 3. The molecule has 20 heavy (non-hydrogen) atoms. The van der Waals surface area contributed by atoms with Crippen LogP contribution in [0.25, 0.3) is 0 Å². The van der Waals surface area contributed by atoms with Crippen molar-refractivity contribution in [2.75, 3.05) is 31.6 Å². The third kappa shape index (κ3) is 4.02. The lowest BCUT2D eigenvalue weighted by Gasteiger charge is -2.27. The molecule has 0 saturated carbocycles. The van der Waals surface area contributed by atoms with Crippen molar-refractivity contribution in [1.29, 1.82) is 0 Å². The molecule has 1 heterocycles. The standard InChI is InChI=1S/C12H13F3N2O3/c13-12(14,15)20-10-4-2-1-3-9(10)16-11(18)17-5-7-19-8-6-17/h1-4H,5-8H2,(H,16,18). The maximum atomic E-state index is 12.3. The summed E-state index contributed by atoms with van der Waals surface area (Å²) >= 11 is 0. The Hall–Kier alpha value is -1.96. The average Bonchev–Trinajstić information content (AvgIpc) is 2.40. The predicted molar refractivity (Wildman–Crippen MR) is 64.5 cm³/mol. The topological polar surface area (TPSA) is 50.8 Å². The quantitative estimate of drug-likeness (QED) is 0.910. The molecule has 0 atom stereocenters. The molecule has 0 unspecified atom stereocenters. The van der Waals surface area contributed by atoms with E-state index in [1.165, 1.54) is 23.1 Å². The molecule has 110 valence electrons. The number of urea groups is 1. The van der Waals surface area contributed by atoms with Gasteiger partial charge in [0.25, 0.3) is 0 Å². The van der Waals surface area contributed by atoms with Crippen molar-refractivity contribution in [3.05, 3.63) is 24.3 Å². The Balaban J connectivity index is 2.06. The summed E-state index contributed by atoms with van der Waals surface area (Å²) in [6.45, 7) is 1.62. The zero-order valence-electron chi connectivity index (χ0n) is 10.4. The molecule has 0 aromatic heterocycles. The van der Waals surface area contributed by atoms with Gasteiger partial charge in [0.1, 0.15) is 0 Å². The lowest BCUT2D eigenvalue weighted by atomic mass is 10.3. The van der Waals surface area contributed by atoms with Crippen LogP contribution in [0.15, 0.2) is 24.3 Å². The van der Waals surface area contributed by atoms with Crippen LogP contribution in [0, 0.1) is 0 Å². The van der Waals surface area contributed by atoms with Gasteiger partial charge in [-0.25, -0.2) is 4.79 Å². The fourth-order valence-electron chi connectivity index (χ4n) is 1.74. The molecule has 1 aliphatic heterocycles. The molecule has 1 aliphatic rings. The number of halogens is 3. The van der Waals surface area contributed by atoms with E-state index in [2.05, 4.69) is 10.1 Å². The van der Waals surface area contributed by atoms with Crippen LogP contribution >= 0.6 is 0 Å². The highest BCUT2D eigenvalue weighted by Gasteiger charge is 2.32. The summed E-state index contributed by atoms with van der Waals surface area (Å²) in [5.74, 6) is -0.443. The van der Waals surface area contributed by atoms with Crippen molar-refractivity contribution < 1.29 is 27.4 Å². The number of para-hydroxylation sites is 2. The van der Waals surface area contributed by atoms with Gasteiger partial charge in [-0.15, -0.1) is 13.2 Å². The van der Waals surface area contributed by atoms with Crippen molar-refractivity contribution in [3.8, 4) is 5.75 Å². The summed E-state index contributed by atoms with van der Waals surface area (Å²) in [4.78, 5) is 13.4. The number of ether oxygens (including phenoxy) is 2. The first kappa shape index (κ1) is 14.4. The molecule has 8 heteroatoms. The van der Waals surface area contributed by atoms with Crippen molar-refractivity contribution in [3.63, 3.8) is 0 Å². The van der Waals surface area contributed by atoms with E-state index in [1.54, 1.807) is 0 Å². The molecule has 1 aromatic carbocycles. The van der Waals surface area contributed by atoms with E-state index < -0.39 is 18.1 Å². The Morgan fingerprint density at radius 2 is 1.90 bits per heavy atom. The Morgan fingerprint density at radius 1 is 1.25 bits per heavy atom. The number of morpholine rings is 1. The Bertz CT molecular complexity index is 473. The second kappa shape index (κ2) is 6.00. The Morgan fingerprint density at radius 3 is 2.55 bits per heavy atom. The highest BCUT2D eigenvalue weighted by Crippen LogP contribution is 2.30. The van der Waals surface area contributed by atoms with Gasteiger partial charge in [-0.05, 0) is 12.1 Å². The largest absolute Gasteiger partial charge is 0.573 e. The van der Waals surface area contributed by atoms with Crippen LogP contribution in [0.5, 0.6) is 5.75 Å². The number of alkyl halides is 3. The highest BCUT2D eigenvalue weighted by atomic mass is 19.4. The molecule has 2 rings (SSSR count). The number of benzene rings is 1. The van der Waals surface area contributed by atoms with Gasteiger partial charge in [0.05, 0.1) is 18.9 Å². The van der Waals surface area contributed by atoms with Crippen LogP contribution in [-0.2, 0) is 4.74 Å². The summed E-state index contributed by atoms with van der Waals surface area (Å²) in [7, 11) is 0. The van der Waals surface area contributed by atoms with E-state index in [9.17, 15) is 18.0 Å². The maximum Gasteiger partial charge on any atom is 0.573 e. The number of carbonyl (C=O) groups is 1. The van der Waals surface area contributed by atoms with Gasteiger partial charge >= 0.3 is 12.4 Å². The van der Waals surface area contributed by atoms with E-state index >= 15 is 0 Å². The summed E-state index contributed by atoms with van der Waals surface area (Å²) in [5.41, 5.74) is -0.0266. The summed E-state index contributed by atoms with van der Waals surface area (Å²) in [5, 5.41) is 2.41. The highest BCUT2D eigenvalue weighted by molar-refractivity contribution is 5.91. The predicted octanol–water partition coefficient (Wildman–Crippen LogP) is 2.45. The molecular formula is C12H13F3N2O3. The maximum absolute atomic E-state index is 12.3. The first-order chi connectivity index (χ1) is 9.46. The third-order valence-corrected chi connectivity index (χ3v) is 2.65. The van der Waals surface area contributed by atoms with Gasteiger partial charge in [0, 0.05) is 13.1 Å². The third-order valence-electron chi connectivity index (χ3n) is 2.65. The second-order valence-corrected chi connectivity index (χ2v) is 4.07. The van der Waals surface area contributed by atoms with Crippen molar-refractivity contribution in [2.24, 2.45) is 0 Å². The average molecular weight is 290 g/mol. The van der Waals surface area contributed by atoms with Crippen molar-refractivity contribution in [2.45, 2.75) is 6.36 Å². The monoisotopic (exact) mass is 290 g/mol. The molecule has 2 amide bonds. The van der Waals surface area contributed by atoms with Gasteiger partial charge in [0.2, 0.25) is 0 Å². The van der Waals surface area contributed by atoms with Crippen LogP contribution in [0.4, 0.5) is 23.7 Å². The number of nitrogens with one attached hydrogen (secondary N) is 1. The molecule has 1 saturated heterocycles. The van der Waals surface area contributed by atoms with Crippen LogP contribution in [-0.4, -0.2) is 43.6 Å². The summed E-state index contributed by atoms with van der Waals surface area (Å²) in [6.07, 6.45) is -4.81. The minimum Gasteiger partial charge on any atom is -0.404 e. The van der Waals surface area contributed by atoms with Crippen LogP contribution < -0.4 is 10.1 Å². The van der Waals surface area contributed by atoms with Crippen molar-refractivity contribution in [1.82, 2.24) is 4.90 Å². The van der Waals surface area contributed by atoms with Gasteiger partial charge in [-0.3, -0.25) is 0 Å². The first-order valence-corrected chi connectivity index (χ1v) is 5.94. The van der Waals surface area contributed by atoms with Crippen LogP contribution in [0.1, 0.15) is 0 Å². The molecule has 1 fully saturated rings. The number of anilines is 1.